The van der Waals surface area contributed by atoms with E-state index in [1.807, 2.05) is 39.0 Å². The van der Waals surface area contributed by atoms with Gasteiger partial charge in [0.2, 0.25) is 5.89 Å². The largest absolute Gasteiger partial charge is 0.490 e. The van der Waals surface area contributed by atoms with E-state index in [0.717, 1.165) is 28.0 Å². The molecule has 0 saturated carbocycles. The summed E-state index contributed by atoms with van der Waals surface area (Å²) in [7, 11) is 0. The summed E-state index contributed by atoms with van der Waals surface area (Å²) in [6, 6.07) is 5.86. The first-order valence-corrected chi connectivity index (χ1v) is 7.45. The zero-order valence-corrected chi connectivity index (χ0v) is 13.2. The van der Waals surface area contributed by atoms with Gasteiger partial charge in [0.1, 0.15) is 18.5 Å². The second-order valence-electron chi connectivity index (χ2n) is 5.38. The minimum absolute atomic E-state index is 0.0526. The van der Waals surface area contributed by atoms with Crippen molar-refractivity contribution in [3.63, 3.8) is 0 Å². The molecule has 0 bridgehead atoms. The molecule has 120 valence electrons. The Labute approximate surface area is 129 Å². The number of aryl methyl sites for hydroxylation is 3. The zero-order chi connectivity index (χ0) is 16.1. The van der Waals surface area contributed by atoms with Crippen LogP contribution < -0.4 is 10.5 Å². The maximum absolute atomic E-state index is 11.6. The quantitative estimate of drug-likeness (QED) is 0.844. The van der Waals surface area contributed by atoms with Crippen molar-refractivity contribution >= 4 is 0 Å². The summed E-state index contributed by atoms with van der Waals surface area (Å²) in [4.78, 5) is 11.6. The molecule has 2 aromatic rings. The number of benzene rings is 1. The van der Waals surface area contributed by atoms with Gasteiger partial charge in [-0.2, -0.15) is 4.68 Å². The molecule has 1 heterocycles. The number of rotatable bonds is 7. The highest BCUT2D eigenvalue weighted by molar-refractivity contribution is 5.39. The Hall–Kier alpha value is -2.08. The van der Waals surface area contributed by atoms with Gasteiger partial charge in [0, 0.05) is 6.42 Å². The Balaban J connectivity index is 1.96. The van der Waals surface area contributed by atoms with Crippen molar-refractivity contribution in [1.29, 1.82) is 0 Å². The molecule has 1 N–H and O–H groups in total. The molecule has 0 spiro atoms. The van der Waals surface area contributed by atoms with E-state index < -0.39 is 11.9 Å². The molecule has 1 aromatic heterocycles. The van der Waals surface area contributed by atoms with E-state index in [0.29, 0.717) is 12.3 Å². The van der Waals surface area contributed by atoms with E-state index in [4.69, 9.17) is 9.15 Å². The maximum Gasteiger partial charge on any atom is 0.437 e. The molecule has 0 amide bonds. The van der Waals surface area contributed by atoms with Gasteiger partial charge in [-0.05, 0) is 31.4 Å². The average Bonchev–Trinajstić information content (AvgIpc) is 2.78. The molecule has 0 fully saturated rings. The second-order valence-corrected chi connectivity index (χ2v) is 5.38. The van der Waals surface area contributed by atoms with Gasteiger partial charge in [-0.25, -0.2) is 4.79 Å². The Bertz CT molecular complexity index is 655. The summed E-state index contributed by atoms with van der Waals surface area (Å²) in [6.45, 7) is 6.03. The molecule has 0 radical (unpaired) electrons. The lowest BCUT2D eigenvalue weighted by molar-refractivity contribution is 0.0869. The van der Waals surface area contributed by atoms with Crippen LogP contribution in [-0.2, 0) is 13.0 Å². The standard InChI is InChI=1S/C16H22N2O4/c1-4-6-14-17-18(16(20)22-14)9-13(19)10-21-15-11(2)7-5-8-12(15)3/h5,7-8,13,19H,4,6,9-10H2,1-3H3. The number of para-hydroxylation sites is 1. The van der Waals surface area contributed by atoms with Crippen LogP contribution in [0.15, 0.2) is 27.4 Å². The van der Waals surface area contributed by atoms with Crippen LogP contribution >= 0.6 is 0 Å². The highest BCUT2D eigenvalue weighted by atomic mass is 16.5. The lowest BCUT2D eigenvalue weighted by Gasteiger charge is -2.15. The van der Waals surface area contributed by atoms with Crippen LogP contribution in [0.3, 0.4) is 0 Å². The third-order valence-electron chi connectivity index (χ3n) is 3.32. The molecule has 1 atom stereocenters. The van der Waals surface area contributed by atoms with Gasteiger partial charge in [0.05, 0.1) is 6.54 Å². The molecule has 0 saturated heterocycles. The predicted octanol–water partition coefficient (Wildman–Crippen LogP) is 1.85. The van der Waals surface area contributed by atoms with Crippen molar-refractivity contribution in [2.24, 2.45) is 0 Å². The first-order chi connectivity index (χ1) is 10.5. The summed E-state index contributed by atoms with van der Waals surface area (Å²) in [5.74, 6) is 0.616. The van der Waals surface area contributed by atoms with Gasteiger partial charge in [0.25, 0.3) is 0 Å². The topological polar surface area (TPSA) is 77.5 Å². The van der Waals surface area contributed by atoms with Crippen molar-refractivity contribution in [3.8, 4) is 5.75 Å². The molecule has 0 aliphatic rings. The molecular weight excluding hydrogens is 284 g/mol. The molecule has 6 nitrogen and oxygen atoms in total. The van der Waals surface area contributed by atoms with Crippen LogP contribution in [0.5, 0.6) is 5.75 Å². The molecule has 22 heavy (non-hydrogen) atoms. The fourth-order valence-corrected chi connectivity index (χ4v) is 2.24. The third-order valence-corrected chi connectivity index (χ3v) is 3.32. The fourth-order valence-electron chi connectivity index (χ4n) is 2.24. The number of aromatic nitrogens is 2. The van der Waals surface area contributed by atoms with Crippen LogP contribution in [0.1, 0.15) is 30.4 Å². The molecule has 0 aliphatic carbocycles. The zero-order valence-electron chi connectivity index (χ0n) is 13.2. The number of aliphatic hydroxyl groups excluding tert-OH is 1. The highest BCUT2D eigenvalue weighted by Crippen LogP contribution is 2.22. The molecule has 2 rings (SSSR count). The summed E-state index contributed by atoms with van der Waals surface area (Å²) in [5.41, 5.74) is 2.02. The van der Waals surface area contributed by atoms with E-state index in [-0.39, 0.29) is 13.2 Å². The molecule has 0 aliphatic heterocycles. The van der Waals surface area contributed by atoms with Gasteiger partial charge in [-0.15, -0.1) is 5.10 Å². The molecule has 6 heteroatoms. The smallest absolute Gasteiger partial charge is 0.437 e. The lowest BCUT2D eigenvalue weighted by Crippen LogP contribution is -2.29. The molecule has 1 aromatic carbocycles. The van der Waals surface area contributed by atoms with Gasteiger partial charge in [0.15, 0.2) is 0 Å². The van der Waals surface area contributed by atoms with Crippen molar-refractivity contribution < 1.29 is 14.3 Å². The van der Waals surface area contributed by atoms with Crippen molar-refractivity contribution in [2.75, 3.05) is 6.61 Å². The Kier molecular flexibility index (Phi) is 5.38. The van der Waals surface area contributed by atoms with Crippen LogP contribution in [-0.4, -0.2) is 27.6 Å². The normalized spacial score (nSPS) is 12.4. The summed E-state index contributed by atoms with van der Waals surface area (Å²) >= 11 is 0. The number of aliphatic hydroxyl groups is 1. The Morgan fingerprint density at radius 2 is 2.05 bits per heavy atom. The fraction of sp³-hybridized carbons (Fsp3) is 0.500. The monoisotopic (exact) mass is 306 g/mol. The van der Waals surface area contributed by atoms with Crippen LogP contribution in [0.4, 0.5) is 0 Å². The molecular formula is C16H22N2O4. The first kappa shape index (κ1) is 16.3. The van der Waals surface area contributed by atoms with Crippen molar-refractivity contribution in [2.45, 2.75) is 46.3 Å². The lowest BCUT2D eigenvalue weighted by atomic mass is 10.1. The predicted molar refractivity (Wildman–Crippen MR) is 82.2 cm³/mol. The minimum atomic E-state index is -0.837. The van der Waals surface area contributed by atoms with Gasteiger partial charge in [-0.1, -0.05) is 25.1 Å². The van der Waals surface area contributed by atoms with Crippen LogP contribution in [0, 0.1) is 13.8 Å². The van der Waals surface area contributed by atoms with E-state index in [1.165, 1.54) is 0 Å². The van der Waals surface area contributed by atoms with Crippen molar-refractivity contribution in [3.05, 3.63) is 45.8 Å². The second kappa shape index (κ2) is 7.26. The summed E-state index contributed by atoms with van der Waals surface area (Å²) in [5, 5.41) is 14.1. The van der Waals surface area contributed by atoms with Gasteiger partial charge >= 0.3 is 5.76 Å². The average molecular weight is 306 g/mol. The molecule has 1 unspecified atom stereocenters. The number of nitrogens with zero attached hydrogens (tertiary/aromatic N) is 2. The van der Waals surface area contributed by atoms with Crippen molar-refractivity contribution in [1.82, 2.24) is 9.78 Å². The number of hydrogen-bond donors (Lipinski definition) is 1. The van der Waals surface area contributed by atoms with E-state index in [9.17, 15) is 9.90 Å². The van der Waals surface area contributed by atoms with Crippen LogP contribution in [0.2, 0.25) is 0 Å². The van der Waals surface area contributed by atoms with Gasteiger partial charge < -0.3 is 14.3 Å². The van der Waals surface area contributed by atoms with Crippen LogP contribution in [0.25, 0.3) is 0 Å². The number of ether oxygens (including phenoxy) is 1. The van der Waals surface area contributed by atoms with E-state index in [2.05, 4.69) is 5.10 Å². The Morgan fingerprint density at radius 1 is 1.36 bits per heavy atom. The maximum atomic E-state index is 11.6. The summed E-state index contributed by atoms with van der Waals surface area (Å²) < 4.78 is 11.8. The Morgan fingerprint density at radius 3 is 2.68 bits per heavy atom. The van der Waals surface area contributed by atoms with E-state index >= 15 is 0 Å². The third kappa shape index (κ3) is 3.98. The number of hydrogen-bond acceptors (Lipinski definition) is 5. The minimum Gasteiger partial charge on any atom is -0.490 e. The van der Waals surface area contributed by atoms with Gasteiger partial charge in [-0.3, -0.25) is 0 Å². The first-order valence-electron chi connectivity index (χ1n) is 7.45. The SMILES string of the molecule is CCCc1nn(CC(O)COc2c(C)cccc2C)c(=O)o1. The summed E-state index contributed by atoms with van der Waals surface area (Å²) in [6.07, 6.45) is 0.617. The van der Waals surface area contributed by atoms with E-state index in [1.54, 1.807) is 0 Å². The highest BCUT2D eigenvalue weighted by Gasteiger charge is 2.14.